The first-order valence-corrected chi connectivity index (χ1v) is 10.9. The van der Waals surface area contributed by atoms with Gasteiger partial charge in [0.15, 0.2) is 0 Å². The van der Waals surface area contributed by atoms with Crippen molar-refractivity contribution in [3.05, 3.63) is 54.2 Å². The fraction of sp³-hybridized carbons (Fsp3) is 0.542. The molecule has 0 amide bonds. The summed E-state index contributed by atoms with van der Waals surface area (Å²) in [4.78, 5) is 9.44. The zero-order valence-electron chi connectivity index (χ0n) is 17.5. The molecule has 0 atom stereocenters. The number of hydrogen-bond donors (Lipinski definition) is 1. The Morgan fingerprint density at radius 1 is 1.03 bits per heavy atom. The zero-order valence-corrected chi connectivity index (χ0v) is 17.5. The maximum Gasteiger partial charge on any atom is 0.128 e. The van der Waals surface area contributed by atoms with E-state index in [1.165, 1.54) is 13.0 Å². The molecule has 0 bridgehead atoms. The fourth-order valence-electron chi connectivity index (χ4n) is 4.74. The molecule has 5 nitrogen and oxygen atoms in total. The molecule has 2 fully saturated rings. The smallest absolute Gasteiger partial charge is 0.128 e. The summed E-state index contributed by atoms with van der Waals surface area (Å²) in [7, 11) is 1.67. The summed E-state index contributed by atoms with van der Waals surface area (Å²) >= 11 is 0. The Hall–Kier alpha value is -2.11. The highest BCUT2D eigenvalue weighted by Crippen LogP contribution is 2.41. The van der Waals surface area contributed by atoms with Crippen LogP contribution >= 0.6 is 0 Å². The van der Waals surface area contributed by atoms with E-state index in [9.17, 15) is 5.11 Å². The Kier molecular flexibility index (Phi) is 6.36. The second-order valence-corrected chi connectivity index (χ2v) is 8.51. The molecule has 2 heterocycles. The molecule has 0 radical (unpaired) electrons. The second kappa shape index (κ2) is 9.14. The first kappa shape index (κ1) is 20.2. The number of rotatable bonds is 6. The monoisotopic (exact) mass is 395 g/mol. The van der Waals surface area contributed by atoms with Gasteiger partial charge in [-0.1, -0.05) is 18.2 Å². The van der Waals surface area contributed by atoms with Crippen molar-refractivity contribution in [2.24, 2.45) is 5.92 Å². The first-order chi connectivity index (χ1) is 14.2. The number of pyridine rings is 1. The van der Waals surface area contributed by atoms with Gasteiger partial charge >= 0.3 is 0 Å². The minimum Gasteiger partial charge on any atom is -0.497 e. The third-order valence-corrected chi connectivity index (χ3v) is 6.76. The van der Waals surface area contributed by atoms with Crippen molar-refractivity contribution >= 4 is 5.82 Å². The van der Waals surface area contributed by atoms with E-state index in [-0.39, 0.29) is 0 Å². The van der Waals surface area contributed by atoms with Crippen LogP contribution in [0.15, 0.2) is 48.7 Å². The van der Waals surface area contributed by atoms with E-state index in [4.69, 9.17) is 4.74 Å². The van der Waals surface area contributed by atoms with Crippen LogP contribution in [-0.4, -0.2) is 54.8 Å². The summed E-state index contributed by atoms with van der Waals surface area (Å²) in [6.07, 6.45) is 7.04. The molecule has 1 saturated carbocycles. The molecule has 1 aromatic heterocycles. The lowest BCUT2D eigenvalue weighted by atomic mass is 9.74. The topological polar surface area (TPSA) is 48.8 Å². The largest absolute Gasteiger partial charge is 0.497 e. The van der Waals surface area contributed by atoms with Gasteiger partial charge in [-0.05, 0) is 74.4 Å². The van der Waals surface area contributed by atoms with Gasteiger partial charge in [-0.2, -0.15) is 0 Å². The van der Waals surface area contributed by atoms with E-state index < -0.39 is 5.60 Å². The van der Waals surface area contributed by atoms with Crippen molar-refractivity contribution in [2.45, 2.75) is 37.7 Å². The number of aliphatic hydroxyl groups is 1. The van der Waals surface area contributed by atoms with Gasteiger partial charge in [0.25, 0.3) is 0 Å². The Balaban J connectivity index is 1.20. The van der Waals surface area contributed by atoms with E-state index in [0.29, 0.717) is 0 Å². The summed E-state index contributed by atoms with van der Waals surface area (Å²) in [6.45, 7) is 5.50. The van der Waals surface area contributed by atoms with Crippen molar-refractivity contribution in [2.75, 3.05) is 44.7 Å². The van der Waals surface area contributed by atoms with Crippen LogP contribution < -0.4 is 9.64 Å². The minimum atomic E-state index is -0.670. The van der Waals surface area contributed by atoms with E-state index in [0.717, 1.165) is 74.9 Å². The molecular weight excluding hydrogens is 362 g/mol. The Morgan fingerprint density at radius 3 is 2.38 bits per heavy atom. The number of methoxy groups -OCH3 is 1. The van der Waals surface area contributed by atoms with Crippen LogP contribution in [-0.2, 0) is 5.60 Å². The van der Waals surface area contributed by atoms with Crippen LogP contribution in [0, 0.1) is 5.92 Å². The average molecular weight is 396 g/mol. The minimum absolute atomic E-state index is 0.670. The molecule has 1 aromatic carbocycles. The van der Waals surface area contributed by atoms with Gasteiger partial charge in [-0.25, -0.2) is 4.98 Å². The van der Waals surface area contributed by atoms with Gasteiger partial charge in [0.1, 0.15) is 11.6 Å². The molecule has 29 heavy (non-hydrogen) atoms. The fourth-order valence-corrected chi connectivity index (χ4v) is 4.74. The Morgan fingerprint density at radius 2 is 1.76 bits per heavy atom. The molecular formula is C24H33N3O2. The maximum absolute atomic E-state index is 11.1. The molecule has 0 unspecified atom stereocenters. The lowest BCUT2D eigenvalue weighted by molar-refractivity contribution is -0.0162. The maximum atomic E-state index is 11.1. The number of benzene rings is 1. The SMILES string of the molecule is COc1ccc([C@]2(O)CC[C@H](CCN3CCN(c4ccccn4)CC3)CC2)cc1. The van der Waals surface area contributed by atoms with Crippen LogP contribution in [0.2, 0.25) is 0 Å². The summed E-state index contributed by atoms with van der Waals surface area (Å²) in [5.41, 5.74) is 0.360. The molecule has 1 saturated heterocycles. The van der Waals surface area contributed by atoms with Gasteiger partial charge < -0.3 is 14.7 Å². The van der Waals surface area contributed by atoms with Gasteiger partial charge in [-0.15, -0.1) is 0 Å². The summed E-state index contributed by atoms with van der Waals surface area (Å²) in [5, 5.41) is 11.1. The van der Waals surface area contributed by atoms with Crippen LogP contribution in [0.25, 0.3) is 0 Å². The van der Waals surface area contributed by atoms with Crippen molar-refractivity contribution in [1.82, 2.24) is 9.88 Å². The Labute approximate surface area is 174 Å². The van der Waals surface area contributed by atoms with Crippen molar-refractivity contribution in [3.63, 3.8) is 0 Å². The van der Waals surface area contributed by atoms with Crippen molar-refractivity contribution in [3.8, 4) is 5.75 Å². The zero-order chi connectivity index (χ0) is 20.1. The molecule has 4 rings (SSSR count). The standard InChI is InChI=1S/C24H33N3O2/c1-29-22-7-5-21(6-8-22)24(28)12-9-20(10-13-24)11-15-26-16-18-27(19-17-26)23-4-2-3-14-25-23/h2-8,14,20,28H,9-13,15-19H2,1H3/t20-,24-. The predicted molar refractivity (Wildman–Crippen MR) is 116 cm³/mol. The van der Waals surface area contributed by atoms with Gasteiger partial charge in [-0.3, -0.25) is 4.90 Å². The number of hydrogen-bond acceptors (Lipinski definition) is 5. The molecule has 2 aliphatic rings. The lowest BCUT2D eigenvalue weighted by Crippen LogP contribution is -2.47. The van der Waals surface area contributed by atoms with E-state index in [1.54, 1.807) is 7.11 Å². The summed E-state index contributed by atoms with van der Waals surface area (Å²) < 4.78 is 5.24. The third-order valence-electron chi connectivity index (χ3n) is 6.76. The van der Waals surface area contributed by atoms with Crippen LogP contribution in [0.1, 0.15) is 37.7 Å². The van der Waals surface area contributed by atoms with Crippen LogP contribution in [0.4, 0.5) is 5.82 Å². The summed E-state index contributed by atoms with van der Waals surface area (Å²) in [5.74, 6) is 2.66. The van der Waals surface area contributed by atoms with E-state index >= 15 is 0 Å². The number of piperazine rings is 1. The molecule has 156 valence electrons. The molecule has 1 aliphatic heterocycles. The number of nitrogens with zero attached hydrogens (tertiary/aromatic N) is 3. The van der Waals surface area contributed by atoms with Crippen LogP contribution in [0.3, 0.4) is 0 Å². The van der Waals surface area contributed by atoms with Crippen molar-refractivity contribution < 1.29 is 9.84 Å². The quantitative estimate of drug-likeness (QED) is 0.809. The van der Waals surface area contributed by atoms with Gasteiger partial charge in [0.05, 0.1) is 12.7 Å². The van der Waals surface area contributed by atoms with Crippen molar-refractivity contribution in [1.29, 1.82) is 0 Å². The first-order valence-electron chi connectivity index (χ1n) is 10.9. The molecule has 5 heteroatoms. The highest BCUT2D eigenvalue weighted by Gasteiger charge is 2.34. The Bertz CT molecular complexity index is 749. The average Bonchev–Trinajstić information content (AvgIpc) is 2.80. The second-order valence-electron chi connectivity index (χ2n) is 8.51. The molecule has 1 N–H and O–H groups in total. The summed E-state index contributed by atoms with van der Waals surface area (Å²) in [6, 6.07) is 14.1. The van der Waals surface area contributed by atoms with E-state index in [2.05, 4.69) is 26.9 Å². The molecule has 1 aliphatic carbocycles. The molecule has 2 aromatic rings. The normalized spacial score (nSPS) is 25.7. The van der Waals surface area contributed by atoms with Gasteiger partial charge in [0.2, 0.25) is 0 Å². The number of aromatic nitrogens is 1. The number of ether oxygens (including phenoxy) is 1. The van der Waals surface area contributed by atoms with E-state index in [1.807, 2.05) is 36.5 Å². The lowest BCUT2D eigenvalue weighted by Gasteiger charge is -2.38. The van der Waals surface area contributed by atoms with Crippen LogP contribution in [0.5, 0.6) is 5.75 Å². The third kappa shape index (κ3) is 4.90. The molecule has 0 spiro atoms. The highest BCUT2D eigenvalue weighted by atomic mass is 16.5. The predicted octanol–water partition coefficient (Wildman–Crippen LogP) is 3.68. The van der Waals surface area contributed by atoms with Gasteiger partial charge in [0, 0.05) is 32.4 Å². The number of anilines is 1. The highest BCUT2D eigenvalue weighted by molar-refractivity contribution is 5.38.